The van der Waals surface area contributed by atoms with Gasteiger partial charge in [0.25, 0.3) is 0 Å². The van der Waals surface area contributed by atoms with Crippen LogP contribution >= 0.6 is 0 Å². The van der Waals surface area contributed by atoms with Crippen LogP contribution in [0.25, 0.3) is 0 Å². The van der Waals surface area contributed by atoms with Gasteiger partial charge in [0.05, 0.1) is 18.1 Å². The standard InChI is InChI=1S/C12H19N3O2/c1-12(2,3)17-15-8-14-11(16-4)9-6-5-7-13-10(9)15/h5-6,8-9,11H,7H2,1-4H3. The van der Waals surface area contributed by atoms with Crippen LogP contribution in [0.4, 0.5) is 0 Å². The highest BCUT2D eigenvalue weighted by molar-refractivity contribution is 5.96. The van der Waals surface area contributed by atoms with E-state index in [1.54, 1.807) is 18.5 Å². The minimum Gasteiger partial charge on any atom is -0.359 e. The number of dihydropyridines is 1. The number of hydrogen-bond donors (Lipinski definition) is 0. The van der Waals surface area contributed by atoms with Crippen LogP contribution in [0.15, 0.2) is 22.1 Å². The van der Waals surface area contributed by atoms with E-state index in [-0.39, 0.29) is 17.7 Å². The lowest BCUT2D eigenvalue weighted by molar-refractivity contribution is -0.142. The Balaban J connectivity index is 2.22. The number of nitrogens with zero attached hydrogens (tertiary/aromatic N) is 3. The predicted molar refractivity (Wildman–Crippen MR) is 66.9 cm³/mol. The number of hydrogen-bond acceptors (Lipinski definition) is 5. The second-order valence-electron chi connectivity index (χ2n) is 5.07. The molecule has 2 unspecified atom stereocenters. The molecule has 0 N–H and O–H groups in total. The minimum atomic E-state index is -0.278. The minimum absolute atomic E-state index is 0.0427. The topological polar surface area (TPSA) is 46.4 Å². The van der Waals surface area contributed by atoms with Crippen LogP contribution in [0.1, 0.15) is 20.8 Å². The number of methoxy groups -OCH3 is 1. The molecule has 0 amide bonds. The van der Waals surface area contributed by atoms with Gasteiger partial charge in [0.2, 0.25) is 0 Å². The van der Waals surface area contributed by atoms with E-state index in [0.717, 1.165) is 5.84 Å². The summed E-state index contributed by atoms with van der Waals surface area (Å²) in [7, 11) is 1.66. The number of amidine groups is 1. The summed E-state index contributed by atoms with van der Waals surface area (Å²) in [5, 5.41) is 1.66. The third-order valence-corrected chi connectivity index (χ3v) is 2.47. The molecule has 0 saturated heterocycles. The number of fused-ring (bicyclic) bond motifs is 1. The fraction of sp³-hybridized carbons (Fsp3) is 0.667. The quantitative estimate of drug-likeness (QED) is 0.686. The summed E-state index contributed by atoms with van der Waals surface area (Å²) in [4.78, 5) is 14.6. The van der Waals surface area contributed by atoms with Crippen molar-refractivity contribution in [2.24, 2.45) is 15.9 Å². The molecule has 5 heteroatoms. The fourth-order valence-electron chi connectivity index (χ4n) is 1.84. The first-order valence-corrected chi connectivity index (χ1v) is 5.77. The first kappa shape index (κ1) is 12.3. The van der Waals surface area contributed by atoms with Crippen LogP contribution in [-0.4, -0.2) is 42.7 Å². The first-order valence-electron chi connectivity index (χ1n) is 5.77. The Hall–Kier alpha value is -1.20. The maximum absolute atomic E-state index is 5.80. The second kappa shape index (κ2) is 4.58. The van der Waals surface area contributed by atoms with Crippen molar-refractivity contribution < 1.29 is 9.57 Å². The molecule has 0 aromatic carbocycles. The van der Waals surface area contributed by atoms with Crippen molar-refractivity contribution in [3.63, 3.8) is 0 Å². The Morgan fingerprint density at radius 1 is 1.41 bits per heavy atom. The summed E-state index contributed by atoms with van der Waals surface area (Å²) in [5.41, 5.74) is -0.278. The van der Waals surface area contributed by atoms with Crippen LogP contribution < -0.4 is 0 Å². The third-order valence-electron chi connectivity index (χ3n) is 2.47. The third kappa shape index (κ3) is 2.73. The highest BCUT2D eigenvalue weighted by Crippen LogP contribution is 2.24. The van der Waals surface area contributed by atoms with Crippen LogP contribution in [0.3, 0.4) is 0 Å². The summed E-state index contributed by atoms with van der Waals surface area (Å²) >= 11 is 0. The molecule has 17 heavy (non-hydrogen) atoms. The van der Waals surface area contributed by atoms with Crippen molar-refractivity contribution in [2.75, 3.05) is 13.7 Å². The van der Waals surface area contributed by atoms with Gasteiger partial charge in [-0.1, -0.05) is 12.2 Å². The van der Waals surface area contributed by atoms with Crippen molar-refractivity contribution in [1.29, 1.82) is 0 Å². The first-order chi connectivity index (χ1) is 8.01. The molecule has 2 heterocycles. The molecule has 0 aromatic rings. The molecule has 0 spiro atoms. The zero-order valence-corrected chi connectivity index (χ0v) is 10.8. The Morgan fingerprint density at radius 2 is 2.18 bits per heavy atom. The highest BCUT2D eigenvalue weighted by atomic mass is 16.7. The second-order valence-corrected chi connectivity index (χ2v) is 5.07. The monoisotopic (exact) mass is 237 g/mol. The number of ether oxygens (including phenoxy) is 1. The van der Waals surface area contributed by atoms with Gasteiger partial charge in [-0.25, -0.2) is 4.99 Å². The average molecular weight is 237 g/mol. The summed E-state index contributed by atoms with van der Waals surface area (Å²) in [6.07, 6.45) is 5.54. The number of aliphatic imine (C=N–C) groups is 2. The van der Waals surface area contributed by atoms with E-state index in [9.17, 15) is 0 Å². The molecule has 5 nitrogen and oxygen atoms in total. The molecule has 0 saturated carbocycles. The molecular formula is C12H19N3O2. The molecule has 0 aromatic heterocycles. The van der Waals surface area contributed by atoms with Crippen molar-refractivity contribution in [2.45, 2.75) is 32.6 Å². The largest absolute Gasteiger partial charge is 0.359 e. The van der Waals surface area contributed by atoms with E-state index in [4.69, 9.17) is 9.57 Å². The van der Waals surface area contributed by atoms with Gasteiger partial charge in [-0.3, -0.25) is 9.83 Å². The van der Waals surface area contributed by atoms with Crippen molar-refractivity contribution in [1.82, 2.24) is 5.06 Å². The SMILES string of the molecule is COC1N=CN(OC(C)(C)C)C2=NCC=CC21. The van der Waals surface area contributed by atoms with Gasteiger partial charge in [0.1, 0.15) is 12.2 Å². The summed E-state index contributed by atoms with van der Waals surface area (Å²) < 4.78 is 5.33. The Kier molecular flexibility index (Phi) is 3.31. The lowest BCUT2D eigenvalue weighted by Crippen LogP contribution is -2.48. The van der Waals surface area contributed by atoms with Crippen molar-refractivity contribution in [3.8, 4) is 0 Å². The molecule has 94 valence electrons. The van der Waals surface area contributed by atoms with E-state index >= 15 is 0 Å². The number of rotatable bonds is 2. The van der Waals surface area contributed by atoms with Gasteiger partial charge in [-0.15, -0.1) is 0 Å². The summed E-state index contributed by atoms with van der Waals surface area (Å²) in [6, 6.07) is 0. The molecule has 2 aliphatic heterocycles. The molecule has 0 radical (unpaired) electrons. The van der Waals surface area contributed by atoms with Crippen LogP contribution in [0.2, 0.25) is 0 Å². The Labute approximate surface area is 102 Å². The molecular weight excluding hydrogens is 218 g/mol. The smallest absolute Gasteiger partial charge is 0.163 e. The van der Waals surface area contributed by atoms with E-state index in [0.29, 0.717) is 6.54 Å². The lowest BCUT2D eigenvalue weighted by atomic mass is 10.0. The number of hydroxylamine groups is 2. The maximum atomic E-state index is 5.80. The van der Waals surface area contributed by atoms with E-state index in [1.165, 1.54) is 0 Å². The highest BCUT2D eigenvalue weighted by Gasteiger charge is 2.34. The van der Waals surface area contributed by atoms with Crippen LogP contribution in [0.5, 0.6) is 0 Å². The predicted octanol–water partition coefficient (Wildman–Crippen LogP) is 1.62. The summed E-state index contributed by atoms with van der Waals surface area (Å²) in [6.45, 7) is 6.67. The Morgan fingerprint density at radius 3 is 2.82 bits per heavy atom. The molecule has 2 rings (SSSR count). The lowest BCUT2D eigenvalue weighted by Gasteiger charge is -2.36. The van der Waals surface area contributed by atoms with Gasteiger partial charge in [-0.2, -0.15) is 5.06 Å². The van der Waals surface area contributed by atoms with Crippen LogP contribution in [0, 0.1) is 5.92 Å². The van der Waals surface area contributed by atoms with Gasteiger partial charge < -0.3 is 4.74 Å². The summed E-state index contributed by atoms with van der Waals surface area (Å²) in [5.74, 6) is 0.908. The van der Waals surface area contributed by atoms with Crippen LogP contribution in [-0.2, 0) is 9.57 Å². The zero-order valence-electron chi connectivity index (χ0n) is 10.8. The van der Waals surface area contributed by atoms with Crippen molar-refractivity contribution >= 4 is 12.2 Å². The Bertz CT molecular complexity index is 368. The van der Waals surface area contributed by atoms with Gasteiger partial charge in [-0.05, 0) is 20.8 Å². The van der Waals surface area contributed by atoms with Gasteiger partial charge in [0.15, 0.2) is 6.23 Å². The normalized spacial score (nSPS) is 28.0. The zero-order chi connectivity index (χ0) is 12.5. The molecule has 2 atom stereocenters. The maximum Gasteiger partial charge on any atom is 0.163 e. The van der Waals surface area contributed by atoms with Crippen molar-refractivity contribution in [3.05, 3.63) is 12.2 Å². The fourth-order valence-corrected chi connectivity index (χ4v) is 1.84. The van der Waals surface area contributed by atoms with E-state index < -0.39 is 0 Å². The van der Waals surface area contributed by atoms with E-state index in [1.807, 2.05) is 26.8 Å². The molecule has 0 fully saturated rings. The van der Waals surface area contributed by atoms with E-state index in [2.05, 4.69) is 16.1 Å². The molecule has 0 aliphatic carbocycles. The van der Waals surface area contributed by atoms with Gasteiger partial charge in [0, 0.05) is 7.11 Å². The average Bonchev–Trinajstić information content (AvgIpc) is 2.28. The van der Waals surface area contributed by atoms with Gasteiger partial charge >= 0.3 is 0 Å². The molecule has 0 bridgehead atoms. The molecule has 2 aliphatic rings.